The predicted octanol–water partition coefficient (Wildman–Crippen LogP) is -0.197. The second-order valence-corrected chi connectivity index (χ2v) is 5.96. The average Bonchev–Trinajstić information content (AvgIpc) is 2.56. The zero-order valence-electron chi connectivity index (χ0n) is 10.00. The lowest BCUT2D eigenvalue weighted by Gasteiger charge is -2.22. The van der Waals surface area contributed by atoms with Gasteiger partial charge in [-0.1, -0.05) is 6.92 Å². The first-order valence-electron chi connectivity index (χ1n) is 5.52. The number of amides is 2. The molecular formula is C10H16N2O5S. The molecule has 2 amide bonds. The van der Waals surface area contributed by atoms with E-state index in [4.69, 9.17) is 5.11 Å². The molecule has 8 heteroatoms. The van der Waals surface area contributed by atoms with Gasteiger partial charge in [-0.25, -0.2) is 13.2 Å². The van der Waals surface area contributed by atoms with Gasteiger partial charge in [-0.2, -0.15) is 0 Å². The van der Waals surface area contributed by atoms with Crippen LogP contribution in [0.1, 0.15) is 13.3 Å². The number of carboxylic acid groups (broad SMARTS) is 1. The number of hydrogen-bond donors (Lipinski definition) is 2. The minimum absolute atomic E-state index is 0.175. The van der Waals surface area contributed by atoms with Crippen LogP contribution in [-0.2, 0) is 14.6 Å². The molecule has 1 heterocycles. The van der Waals surface area contributed by atoms with Crippen molar-refractivity contribution in [3.63, 3.8) is 0 Å². The van der Waals surface area contributed by atoms with Gasteiger partial charge in [0.25, 0.3) is 0 Å². The Morgan fingerprint density at radius 2 is 2.17 bits per heavy atom. The maximum atomic E-state index is 11.8. The molecule has 0 radical (unpaired) electrons. The van der Waals surface area contributed by atoms with Gasteiger partial charge < -0.3 is 15.3 Å². The van der Waals surface area contributed by atoms with E-state index in [1.807, 2.05) is 6.92 Å². The van der Waals surface area contributed by atoms with Crippen molar-refractivity contribution in [3.05, 3.63) is 11.5 Å². The molecule has 1 unspecified atom stereocenters. The first-order valence-corrected chi connectivity index (χ1v) is 7.24. The van der Waals surface area contributed by atoms with E-state index < -0.39 is 34.4 Å². The number of aliphatic carboxylic acids is 1. The Morgan fingerprint density at radius 3 is 2.61 bits per heavy atom. The van der Waals surface area contributed by atoms with Crippen LogP contribution in [-0.4, -0.2) is 55.3 Å². The molecule has 0 spiro atoms. The van der Waals surface area contributed by atoms with Gasteiger partial charge in [-0.05, 0) is 12.5 Å². The van der Waals surface area contributed by atoms with E-state index in [0.29, 0.717) is 13.0 Å². The Labute approximate surface area is 105 Å². The highest BCUT2D eigenvalue weighted by Gasteiger charge is 2.25. The number of nitrogens with one attached hydrogen (secondary N) is 1. The van der Waals surface area contributed by atoms with Crippen LogP contribution in [0.25, 0.3) is 0 Å². The van der Waals surface area contributed by atoms with E-state index >= 15 is 0 Å². The van der Waals surface area contributed by atoms with Crippen LogP contribution in [0.4, 0.5) is 4.79 Å². The normalized spacial score (nSPS) is 20.6. The monoisotopic (exact) mass is 276 g/mol. The third-order valence-corrected chi connectivity index (χ3v) is 3.74. The molecule has 1 aliphatic heterocycles. The summed E-state index contributed by atoms with van der Waals surface area (Å²) in [5, 5.41) is 12.2. The molecule has 0 saturated heterocycles. The van der Waals surface area contributed by atoms with E-state index in [9.17, 15) is 18.0 Å². The molecule has 2 N–H and O–H groups in total. The summed E-state index contributed by atoms with van der Waals surface area (Å²) in [6, 6.07) is -1.15. The predicted molar refractivity (Wildman–Crippen MR) is 64.7 cm³/mol. The Kier molecular flexibility index (Phi) is 4.71. The highest BCUT2D eigenvalue weighted by Crippen LogP contribution is 2.08. The molecule has 0 aliphatic carbocycles. The molecule has 0 fully saturated rings. The van der Waals surface area contributed by atoms with Crippen LogP contribution in [0.5, 0.6) is 0 Å². The number of carboxylic acids is 1. The number of carbonyl (C=O) groups is 2. The number of rotatable bonds is 5. The number of sulfone groups is 1. The molecule has 7 nitrogen and oxygen atoms in total. The van der Waals surface area contributed by atoms with Crippen molar-refractivity contribution < 1.29 is 23.1 Å². The Bertz CT molecular complexity index is 457. The van der Waals surface area contributed by atoms with Crippen molar-refractivity contribution >= 4 is 21.8 Å². The summed E-state index contributed by atoms with van der Waals surface area (Å²) in [5.41, 5.74) is 0. The summed E-state index contributed by atoms with van der Waals surface area (Å²) in [4.78, 5) is 23.5. The second kappa shape index (κ2) is 5.85. The zero-order chi connectivity index (χ0) is 13.8. The quantitative estimate of drug-likeness (QED) is 0.724. The minimum atomic E-state index is -3.23. The molecule has 0 bridgehead atoms. The van der Waals surface area contributed by atoms with Gasteiger partial charge in [0.05, 0.1) is 11.8 Å². The topological polar surface area (TPSA) is 104 Å². The maximum Gasteiger partial charge on any atom is 0.323 e. The molecule has 1 atom stereocenters. The fraction of sp³-hybridized carbons (Fsp3) is 0.600. The number of carbonyl (C=O) groups excluding carboxylic acids is 1. The highest BCUT2D eigenvalue weighted by molar-refractivity contribution is 7.94. The van der Waals surface area contributed by atoms with E-state index in [1.165, 1.54) is 6.08 Å². The Balaban J connectivity index is 2.57. The van der Waals surface area contributed by atoms with Crippen molar-refractivity contribution in [2.24, 2.45) is 0 Å². The largest absolute Gasteiger partial charge is 0.480 e. The smallest absolute Gasteiger partial charge is 0.323 e. The maximum absolute atomic E-state index is 11.8. The van der Waals surface area contributed by atoms with Crippen LogP contribution >= 0.6 is 0 Å². The Hall–Kier alpha value is -1.57. The van der Waals surface area contributed by atoms with Crippen molar-refractivity contribution in [1.29, 1.82) is 0 Å². The van der Waals surface area contributed by atoms with Crippen molar-refractivity contribution in [2.45, 2.75) is 19.4 Å². The zero-order valence-corrected chi connectivity index (χ0v) is 10.8. The number of urea groups is 1. The molecule has 1 rings (SSSR count). The SMILES string of the molecule is CCCN(CC(=O)O)C(=O)NC1C=CS(=O)(=O)C1. The lowest BCUT2D eigenvalue weighted by molar-refractivity contribution is -0.137. The minimum Gasteiger partial charge on any atom is -0.480 e. The standard InChI is InChI=1S/C10H16N2O5S/c1-2-4-12(6-9(13)14)10(15)11-8-3-5-18(16,17)7-8/h3,5,8H,2,4,6-7H2,1H3,(H,11,15)(H,13,14). The lowest BCUT2D eigenvalue weighted by atomic mass is 10.3. The molecule has 0 saturated carbocycles. The average molecular weight is 276 g/mol. The highest BCUT2D eigenvalue weighted by atomic mass is 32.2. The first kappa shape index (κ1) is 14.5. The Morgan fingerprint density at radius 1 is 1.50 bits per heavy atom. The fourth-order valence-electron chi connectivity index (χ4n) is 1.60. The van der Waals surface area contributed by atoms with Gasteiger partial charge in [-0.15, -0.1) is 0 Å². The van der Waals surface area contributed by atoms with Crippen LogP contribution in [0, 0.1) is 0 Å². The van der Waals surface area contributed by atoms with Gasteiger partial charge in [-0.3, -0.25) is 4.79 Å². The first-order chi connectivity index (χ1) is 8.34. The van der Waals surface area contributed by atoms with Crippen molar-refractivity contribution in [1.82, 2.24) is 10.2 Å². The summed E-state index contributed by atoms with van der Waals surface area (Å²) >= 11 is 0. The summed E-state index contributed by atoms with van der Waals surface area (Å²) in [6.07, 6.45) is 2.01. The molecule has 102 valence electrons. The summed E-state index contributed by atoms with van der Waals surface area (Å²) in [6.45, 7) is 1.73. The van der Waals surface area contributed by atoms with Gasteiger partial charge in [0.2, 0.25) is 0 Å². The van der Waals surface area contributed by atoms with E-state index in [0.717, 1.165) is 10.3 Å². The molecule has 18 heavy (non-hydrogen) atoms. The van der Waals surface area contributed by atoms with E-state index in [2.05, 4.69) is 5.32 Å². The third-order valence-electron chi connectivity index (χ3n) is 2.35. The summed E-state index contributed by atoms with van der Waals surface area (Å²) < 4.78 is 22.3. The van der Waals surface area contributed by atoms with Crippen molar-refractivity contribution in [3.8, 4) is 0 Å². The van der Waals surface area contributed by atoms with Gasteiger partial charge >= 0.3 is 12.0 Å². The number of hydrogen-bond acceptors (Lipinski definition) is 4. The fourth-order valence-corrected chi connectivity index (χ4v) is 2.84. The van der Waals surface area contributed by atoms with Gasteiger partial charge in [0, 0.05) is 12.0 Å². The lowest BCUT2D eigenvalue weighted by Crippen LogP contribution is -2.47. The van der Waals surface area contributed by atoms with E-state index in [-0.39, 0.29) is 5.75 Å². The summed E-state index contributed by atoms with van der Waals surface area (Å²) in [7, 11) is -3.23. The second-order valence-electron chi connectivity index (χ2n) is 4.03. The summed E-state index contributed by atoms with van der Waals surface area (Å²) in [5.74, 6) is -1.28. The van der Waals surface area contributed by atoms with Crippen LogP contribution < -0.4 is 5.32 Å². The molecular weight excluding hydrogens is 260 g/mol. The molecule has 0 aromatic heterocycles. The van der Waals surface area contributed by atoms with Crippen LogP contribution in [0.15, 0.2) is 11.5 Å². The van der Waals surface area contributed by atoms with Gasteiger partial charge in [0.15, 0.2) is 9.84 Å². The number of nitrogens with zero attached hydrogens (tertiary/aromatic N) is 1. The molecule has 0 aromatic rings. The third kappa shape index (κ3) is 4.36. The van der Waals surface area contributed by atoms with Crippen LogP contribution in [0.3, 0.4) is 0 Å². The molecule has 1 aliphatic rings. The van der Waals surface area contributed by atoms with Crippen molar-refractivity contribution in [2.75, 3.05) is 18.8 Å². The molecule has 0 aromatic carbocycles. The van der Waals surface area contributed by atoms with E-state index in [1.54, 1.807) is 0 Å². The van der Waals surface area contributed by atoms with Gasteiger partial charge in [0.1, 0.15) is 6.54 Å². The van der Waals surface area contributed by atoms with Crippen LogP contribution in [0.2, 0.25) is 0 Å².